The molecule has 0 aliphatic rings. The van der Waals surface area contributed by atoms with Gasteiger partial charge in [-0.05, 0) is 52.8 Å². The lowest BCUT2D eigenvalue weighted by Crippen LogP contribution is -1.93. The lowest BCUT2D eigenvalue weighted by Gasteiger charge is -2.08. The third-order valence-electron chi connectivity index (χ3n) is 3.07. The Bertz CT molecular complexity index is 544. The van der Waals surface area contributed by atoms with Gasteiger partial charge in [-0.3, -0.25) is 0 Å². The van der Waals surface area contributed by atoms with Crippen LogP contribution in [0.15, 0.2) is 42.5 Å². The summed E-state index contributed by atoms with van der Waals surface area (Å²) in [6.07, 6.45) is 1.09. The first-order valence-corrected chi connectivity index (χ1v) is 6.96. The highest BCUT2D eigenvalue weighted by Crippen LogP contribution is 2.25. The van der Waals surface area contributed by atoms with Gasteiger partial charge in [-0.1, -0.05) is 49.7 Å². The van der Waals surface area contributed by atoms with Gasteiger partial charge < -0.3 is 5.11 Å². The topological polar surface area (TPSA) is 20.2 Å². The molecule has 0 saturated carbocycles. The third-order valence-corrected chi connectivity index (χ3v) is 3.29. The van der Waals surface area contributed by atoms with Crippen molar-refractivity contribution in [1.82, 2.24) is 0 Å². The minimum atomic E-state index is 0.0129. The van der Waals surface area contributed by atoms with Crippen LogP contribution in [-0.4, -0.2) is 5.11 Å². The number of hydrogen-bond acceptors (Lipinski definition) is 1. The van der Waals surface area contributed by atoms with E-state index in [0.29, 0.717) is 10.9 Å². The molecule has 2 aromatic rings. The Kier molecular flexibility index (Phi) is 4.62. The summed E-state index contributed by atoms with van der Waals surface area (Å²) in [4.78, 5) is 0. The van der Waals surface area contributed by atoms with Crippen molar-refractivity contribution in [3.63, 3.8) is 0 Å². The van der Waals surface area contributed by atoms with Crippen LogP contribution in [0.3, 0.4) is 0 Å². The van der Waals surface area contributed by atoms with Crippen LogP contribution >= 0.6 is 11.6 Å². The Labute approximate surface area is 119 Å². The van der Waals surface area contributed by atoms with Crippen LogP contribution < -0.4 is 0 Å². The highest BCUT2D eigenvalue weighted by Gasteiger charge is 2.03. The van der Waals surface area contributed by atoms with Crippen LogP contribution in [0.4, 0.5) is 0 Å². The van der Waals surface area contributed by atoms with Gasteiger partial charge in [0.25, 0.3) is 0 Å². The summed E-state index contributed by atoms with van der Waals surface area (Å²) in [5.74, 6) is 0.665. The molecule has 2 rings (SSSR count). The molecule has 19 heavy (non-hydrogen) atoms. The molecular formula is C17H19ClO. The molecule has 0 amide bonds. The average molecular weight is 275 g/mol. The molecule has 0 saturated heterocycles. The van der Waals surface area contributed by atoms with Crippen LogP contribution in [0, 0.1) is 5.92 Å². The second-order valence-electron chi connectivity index (χ2n) is 5.30. The number of hydrogen-bond donors (Lipinski definition) is 1. The fourth-order valence-electron chi connectivity index (χ4n) is 2.21. The van der Waals surface area contributed by atoms with Crippen LogP contribution in [0.2, 0.25) is 5.02 Å². The molecule has 1 N–H and O–H groups in total. The zero-order valence-corrected chi connectivity index (χ0v) is 12.1. The predicted molar refractivity (Wildman–Crippen MR) is 81.4 cm³/mol. The average Bonchev–Trinajstić information content (AvgIpc) is 2.38. The molecule has 0 unspecified atom stereocenters. The molecular weight excluding hydrogens is 256 g/mol. The van der Waals surface area contributed by atoms with Gasteiger partial charge in [0.1, 0.15) is 0 Å². The molecule has 1 nitrogen and oxygen atoms in total. The summed E-state index contributed by atoms with van der Waals surface area (Å²) in [6.45, 7) is 4.45. The largest absolute Gasteiger partial charge is 0.392 e. The van der Waals surface area contributed by atoms with Crippen molar-refractivity contribution in [2.45, 2.75) is 26.9 Å². The smallest absolute Gasteiger partial charge is 0.0682 e. The highest BCUT2D eigenvalue weighted by atomic mass is 35.5. The second kappa shape index (κ2) is 6.23. The van der Waals surface area contributed by atoms with Crippen molar-refractivity contribution in [1.29, 1.82) is 0 Å². The predicted octanol–water partition coefficient (Wildman–Crippen LogP) is 4.70. The Hall–Kier alpha value is -1.31. The van der Waals surface area contributed by atoms with Crippen LogP contribution in [-0.2, 0) is 13.0 Å². The zero-order valence-electron chi connectivity index (χ0n) is 11.4. The fourth-order valence-corrected chi connectivity index (χ4v) is 2.47. The molecule has 2 heteroatoms. The van der Waals surface area contributed by atoms with Gasteiger partial charge in [-0.2, -0.15) is 0 Å². The number of aliphatic hydroxyl groups is 1. The van der Waals surface area contributed by atoms with Gasteiger partial charge in [-0.25, -0.2) is 0 Å². The number of aliphatic hydroxyl groups excluding tert-OH is 1. The van der Waals surface area contributed by atoms with E-state index in [4.69, 9.17) is 11.6 Å². The first kappa shape index (κ1) is 14.1. The van der Waals surface area contributed by atoms with E-state index in [9.17, 15) is 5.11 Å². The van der Waals surface area contributed by atoms with Crippen molar-refractivity contribution < 1.29 is 5.11 Å². The lowest BCUT2D eigenvalue weighted by atomic mass is 9.98. The SMILES string of the molecule is CC(C)Cc1ccc(-c2cc(Cl)cc(CO)c2)cc1. The summed E-state index contributed by atoms with van der Waals surface area (Å²) in [5.41, 5.74) is 4.37. The Balaban J connectivity index is 2.29. The van der Waals surface area contributed by atoms with Crippen molar-refractivity contribution in [3.05, 3.63) is 58.6 Å². The van der Waals surface area contributed by atoms with Crippen molar-refractivity contribution in [2.75, 3.05) is 0 Å². The van der Waals surface area contributed by atoms with Crippen molar-refractivity contribution >= 4 is 11.6 Å². The van der Waals surface area contributed by atoms with Gasteiger partial charge in [-0.15, -0.1) is 0 Å². The number of rotatable bonds is 4. The molecule has 100 valence electrons. The van der Waals surface area contributed by atoms with E-state index in [1.807, 2.05) is 12.1 Å². The van der Waals surface area contributed by atoms with E-state index in [0.717, 1.165) is 23.1 Å². The summed E-state index contributed by atoms with van der Waals surface area (Å²) in [5, 5.41) is 9.88. The molecule has 0 heterocycles. The van der Waals surface area contributed by atoms with Gasteiger partial charge in [0.05, 0.1) is 6.61 Å². The number of benzene rings is 2. The quantitative estimate of drug-likeness (QED) is 0.857. The Morgan fingerprint density at radius 2 is 1.63 bits per heavy atom. The summed E-state index contributed by atoms with van der Waals surface area (Å²) < 4.78 is 0. The van der Waals surface area contributed by atoms with E-state index in [-0.39, 0.29) is 6.61 Å². The third kappa shape index (κ3) is 3.82. The maximum atomic E-state index is 9.22. The zero-order chi connectivity index (χ0) is 13.8. The van der Waals surface area contributed by atoms with Gasteiger partial charge in [0.2, 0.25) is 0 Å². The van der Waals surface area contributed by atoms with Crippen molar-refractivity contribution in [3.8, 4) is 11.1 Å². The molecule has 0 aliphatic heterocycles. The van der Waals surface area contributed by atoms with E-state index in [1.165, 1.54) is 5.56 Å². The molecule has 0 spiro atoms. The minimum Gasteiger partial charge on any atom is -0.392 e. The summed E-state index contributed by atoms with van der Waals surface area (Å²) >= 11 is 6.07. The molecule has 2 aromatic carbocycles. The van der Waals surface area contributed by atoms with E-state index in [1.54, 1.807) is 6.07 Å². The first-order valence-electron chi connectivity index (χ1n) is 6.58. The monoisotopic (exact) mass is 274 g/mol. The summed E-state index contributed by atoms with van der Waals surface area (Å²) in [7, 11) is 0. The molecule has 0 aromatic heterocycles. The van der Waals surface area contributed by atoms with E-state index >= 15 is 0 Å². The molecule has 0 radical (unpaired) electrons. The van der Waals surface area contributed by atoms with Gasteiger partial charge in [0.15, 0.2) is 0 Å². The minimum absolute atomic E-state index is 0.0129. The maximum absolute atomic E-state index is 9.22. The summed E-state index contributed by atoms with van der Waals surface area (Å²) in [6, 6.07) is 14.2. The second-order valence-corrected chi connectivity index (χ2v) is 5.74. The Morgan fingerprint density at radius 1 is 0.947 bits per heavy atom. The molecule has 0 fully saturated rings. The standard InChI is InChI=1S/C17H19ClO/c1-12(2)7-13-3-5-15(6-4-13)16-8-14(11-19)9-17(18)10-16/h3-6,8-10,12,19H,7,11H2,1-2H3. The highest BCUT2D eigenvalue weighted by molar-refractivity contribution is 6.30. The van der Waals surface area contributed by atoms with Gasteiger partial charge >= 0.3 is 0 Å². The van der Waals surface area contributed by atoms with Crippen molar-refractivity contribution in [2.24, 2.45) is 5.92 Å². The van der Waals surface area contributed by atoms with Crippen LogP contribution in [0.25, 0.3) is 11.1 Å². The maximum Gasteiger partial charge on any atom is 0.0682 e. The Morgan fingerprint density at radius 3 is 2.21 bits per heavy atom. The number of halogens is 1. The van der Waals surface area contributed by atoms with Crippen LogP contribution in [0.5, 0.6) is 0 Å². The van der Waals surface area contributed by atoms with Crippen LogP contribution in [0.1, 0.15) is 25.0 Å². The molecule has 0 aliphatic carbocycles. The molecule has 0 atom stereocenters. The van der Waals surface area contributed by atoms with E-state index < -0.39 is 0 Å². The molecule has 0 bridgehead atoms. The fraction of sp³-hybridized carbons (Fsp3) is 0.294. The lowest BCUT2D eigenvalue weighted by molar-refractivity contribution is 0.282. The van der Waals surface area contributed by atoms with E-state index in [2.05, 4.69) is 38.1 Å². The normalized spacial score (nSPS) is 11.0. The first-order chi connectivity index (χ1) is 9.08. The van der Waals surface area contributed by atoms with Gasteiger partial charge in [0, 0.05) is 5.02 Å².